The summed E-state index contributed by atoms with van der Waals surface area (Å²) in [7, 11) is 0. The molecule has 5 nitrogen and oxygen atoms in total. The Bertz CT molecular complexity index is 1060. The molecule has 3 aromatic rings. The van der Waals surface area contributed by atoms with Crippen LogP contribution in [-0.4, -0.2) is 37.2 Å². The Hall–Kier alpha value is -2.47. The molecule has 2 aromatic carbocycles. The minimum atomic E-state index is -0.303. The van der Waals surface area contributed by atoms with Crippen molar-refractivity contribution in [3.63, 3.8) is 0 Å². The summed E-state index contributed by atoms with van der Waals surface area (Å²) in [6.45, 7) is 10.3. The van der Waals surface area contributed by atoms with E-state index in [9.17, 15) is 4.79 Å². The Labute approximate surface area is 177 Å². The first kappa shape index (κ1) is 20.8. The van der Waals surface area contributed by atoms with Crippen LogP contribution in [0.3, 0.4) is 0 Å². The molecule has 1 aromatic heterocycles. The molecule has 1 fully saturated rings. The van der Waals surface area contributed by atoms with E-state index in [1.807, 2.05) is 13.0 Å². The van der Waals surface area contributed by atoms with Crippen LogP contribution in [0.2, 0.25) is 0 Å². The number of rotatable bonds is 6. The van der Waals surface area contributed by atoms with Gasteiger partial charge in [0.1, 0.15) is 5.58 Å². The number of morpholine rings is 1. The Kier molecular flexibility index (Phi) is 6.32. The van der Waals surface area contributed by atoms with Gasteiger partial charge in [-0.05, 0) is 55.2 Å². The van der Waals surface area contributed by atoms with Crippen LogP contribution in [0.15, 0.2) is 57.7 Å². The molecule has 0 saturated carbocycles. The normalized spacial score (nSPS) is 17.2. The van der Waals surface area contributed by atoms with Gasteiger partial charge in [0.2, 0.25) is 0 Å². The summed E-state index contributed by atoms with van der Waals surface area (Å²) < 4.78 is 11.0. The van der Waals surface area contributed by atoms with E-state index in [0.29, 0.717) is 12.1 Å². The quantitative estimate of drug-likeness (QED) is 0.628. The predicted octanol–water partition coefficient (Wildman–Crippen LogP) is 3.96. The van der Waals surface area contributed by atoms with E-state index in [-0.39, 0.29) is 17.7 Å². The van der Waals surface area contributed by atoms with Crippen LogP contribution in [0, 0.1) is 13.8 Å². The highest BCUT2D eigenvalue weighted by Crippen LogP contribution is 2.26. The fourth-order valence-corrected chi connectivity index (χ4v) is 4.33. The fraction of sp³-hybridized carbons (Fsp3) is 0.400. The molecule has 2 atom stereocenters. The summed E-state index contributed by atoms with van der Waals surface area (Å²) >= 11 is 0. The Morgan fingerprint density at radius 1 is 1.03 bits per heavy atom. The molecule has 1 saturated heterocycles. The minimum Gasteiger partial charge on any atom is -0.423 e. The van der Waals surface area contributed by atoms with Crippen molar-refractivity contribution in [2.24, 2.45) is 0 Å². The van der Waals surface area contributed by atoms with Gasteiger partial charge in [-0.1, -0.05) is 30.3 Å². The number of fused-ring (bicyclic) bond motifs is 1. The molecule has 2 heterocycles. The van der Waals surface area contributed by atoms with Crippen molar-refractivity contribution >= 4 is 11.0 Å². The topological polar surface area (TPSA) is 54.7 Å². The molecule has 1 aliphatic heterocycles. The van der Waals surface area contributed by atoms with Gasteiger partial charge >= 0.3 is 5.63 Å². The van der Waals surface area contributed by atoms with Crippen LogP contribution >= 0.6 is 0 Å². The molecular weight excluding hydrogens is 376 g/mol. The highest BCUT2D eigenvalue weighted by Gasteiger charge is 2.27. The van der Waals surface area contributed by atoms with Gasteiger partial charge in [0.15, 0.2) is 0 Å². The standard InChI is InChI=1S/C25H30N2O3/c1-17-13-22-21(15-24(28)30-23(22)14-18(17)2)16-26-19(3)25(20-7-5-4-6-8-20)27-9-11-29-12-10-27/h4-8,13-15,19,25-26H,9-12,16H2,1-3H3/t19-,25-/m1/s1. The van der Waals surface area contributed by atoms with Crippen molar-refractivity contribution < 1.29 is 9.15 Å². The van der Waals surface area contributed by atoms with Crippen molar-refractivity contribution in [2.45, 2.75) is 39.4 Å². The summed E-state index contributed by atoms with van der Waals surface area (Å²) in [5, 5.41) is 4.69. The molecule has 0 aliphatic carbocycles. The second-order valence-corrected chi connectivity index (χ2v) is 8.20. The number of hydrogen-bond donors (Lipinski definition) is 1. The largest absolute Gasteiger partial charge is 0.423 e. The molecule has 4 rings (SSSR count). The summed E-state index contributed by atoms with van der Waals surface area (Å²) in [4.78, 5) is 14.6. The summed E-state index contributed by atoms with van der Waals surface area (Å²) in [5.41, 5.74) is 4.95. The van der Waals surface area contributed by atoms with Gasteiger partial charge < -0.3 is 14.5 Å². The van der Waals surface area contributed by atoms with Crippen molar-refractivity contribution in [3.05, 3.63) is 81.2 Å². The van der Waals surface area contributed by atoms with Crippen molar-refractivity contribution in [2.75, 3.05) is 26.3 Å². The van der Waals surface area contributed by atoms with Gasteiger partial charge in [0, 0.05) is 37.1 Å². The average molecular weight is 407 g/mol. The Morgan fingerprint density at radius 3 is 2.47 bits per heavy atom. The lowest BCUT2D eigenvalue weighted by Gasteiger charge is -2.38. The maximum atomic E-state index is 12.1. The van der Waals surface area contributed by atoms with Gasteiger partial charge in [-0.3, -0.25) is 4.90 Å². The van der Waals surface area contributed by atoms with Crippen LogP contribution in [0.25, 0.3) is 11.0 Å². The SMILES string of the molecule is Cc1cc2oc(=O)cc(CN[C@H](C)[C@H](c3ccccc3)N3CCOCC3)c2cc1C. The fourth-order valence-electron chi connectivity index (χ4n) is 4.33. The first-order valence-electron chi connectivity index (χ1n) is 10.7. The van der Waals surface area contributed by atoms with E-state index in [2.05, 4.69) is 60.5 Å². The minimum absolute atomic E-state index is 0.194. The molecule has 1 aliphatic rings. The van der Waals surface area contributed by atoms with E-state index in [0.717, 1.165) is 42.8 Å². The molecule has 5 heteroatoms. The van der Waals surface area contributed by atoms with Gasteiger partial charge in [0.05, 0.1) is 19.3 Å². The number of ether oxygens (including phenoxy) is 1. The zero-order valence-electron chi connectivity index (χ0n) is 18.0. The number of aryl methyl sites for hydroxylation is 2. The van der Waals surface area contributed by atoms with Gasteiger partial charge in [-0.2, -0.15) is 0 Å². The van der Waals surface area contributed by atoms with Gasteiger partial charge in [0.25, 0.3) is 0 Å². The maximum Gasteiger partial charge on any atom is 0.336 e. The van der Waals surface area contributed by atoms with E-state index in [4.69, 9.17) is 9.15 Å². The van der Waals surface area contributed by atoms with Crippen LogP contribution in [0.4, 0.5) is 0 Å². The molecule has 0 unspecified atom stereocenters. The predicted molar refractivity (Wildman–Crippen MR) is 120 cm³/mol. The van der Waals surface area contributed by atoms with Crippen LogP contribution in [0.1, 0.15) is 35.2 Å². The second-order valence-electron chi connectivity index (χ2n) is 8.20. The first-order chi connectivity index (χ1) is 14.5. The average Bonchev–Trinajstić information content (AvgIpc) is 2.75. The lowest BCUT2D eigenvalue weighted by molar-refractivity contribution is 0.00855. The first-order valence-corrected chi connectivity index (χ1v) is 10.7. The van der Waals surface area contributed by atoms with Crippen LogP contribution < -0.4 is 10.9 Å². The number of nitrogens with one attached hydrogen (secondary N) is 1. The van der Waals surface area contributed by atoms with Gasteiger partial charge in [-0.15, -0.1) is 0 Å². The van der Waals surface area contributed by atoms with Crippen molar-refractivity contribution in [3.8, 4) is 0 Å². The van der Waals surface area contributed by atoms with Crippen molar-refractivity contribution in [1.29, 1.82) is 0 Å². The second kappa shape index (κ2) is 9.13. The molecular formula is C25H30N2O3. The number of benzene rings is 2. The van der Waals surface area contributed by atoms with Crippen LogP contribution in [-0.2, 0) is 11.3 Å². The molecule has 1 N–H and O–H groups in total. The van der Waals surface area contributed by atoms with E-state index >= 15 is 0 Å². The lowest BCUT2D eigenvalue weighted by atomic mass is 9.97. The molecule has 0 bridgehead atoms. The van der Waals surface area contributed by atoms with E-state index < -0.39 is 0 Å². The number of nitrogens with zero attached hydrogens (tertiary/aromatic N) is 1. The molecule has 0 radical (unpaired) electrons. The summed E-state index contributed by atoms with van der Waals surface area (Å²) in [6.07, 6.45) is 0. The third kappa shape index (κ3) is 4.48. The molecule has 158 valence electrons. The molecule has 0 spiro atoms. The van der Waals surface area contributed by atoms with Gasteiger partial charge in [-0.25, -0.2) is 4.79 Å². The summed E-state index contributed by atoms with van der Waals surface area (Å²) in [6, 6.07) is 16.7. The molecule has 0 amide bonds. The lowest BCUT2D eigenvalue weighted by Crippen LogP contribution is -2.46. The maximum absolute atomic E-state index is 12.1. The highest BCUT2D eigenvalue weighted by molar-refractivity contribution is 5.81. The smallest absolute Gasteiger partial charge is 0.336 e. The Balaban J connectivity index is 1.60. The third-order valence-corrected chi connectivity index (χ3v) is 6.11. The third-order valence-electron chi connectivity index (χ3n) is 6.11. The highest BCUT2D eigenvalue weighted by atomic mass is 16.5. The summed E-state index contributed by atoms with van der Waals surface area (Å²) in [5.74, 6) is 0. The Morgan fingerprint density at radius 2 is 1.73 bits per heavy atom. The number of hydrogen-bond acceptors (Lipinski definition) is 5. The monoisotopic (exact) mass is 406 g/mol. The zero-order valence-corrected chi connectivity index (χ0v) is 18.0. The van der Waals surface area contributed by atoms with Crippen molar-refractivity contribution in [1.82, 2.24) is 10.2 Å². The zero-order chi connectivity index (χ0) is 21.1. The van der Waals surface area contributed by atoms with E-state index in [1.54, 1.807) is 6.07 Å². The van der Waals surface area contributed by atoms with E-state index in [1.165, 1.54) is 11.1 Å². The van der Waals surface area contributed by atoms with Crippen LogP contribution in [0.5, 0.6) is 0 Å². The molecule has 30 heavy (non-hydrogen) atoms.